The number of ether oxygens (including phenoxy) is 1. The first kappa shape index (κ1) is 20.8. The Morgan fingerprint density at radius 2 is 1.92 bits per heavy atom. The fraction of sp³-hybridized carbons (Fsp3) is 0.588. The zero-order valence-corrected chi connectivity index (χ0v) is 17.2. The average molecular weight is 404 g/mol. The maximum Gasteiger partial charge on any atom is 0.246 e. The molecule has 7 nitrogen and oxygen atoms in total. The number of nitrogens with zero attached hydrogens (tertiary/aromatic N) is 3. The van der Waals surface area contributed by atoms with Gasteiger partial charge in [-0.1, -0.05) is 18.5 Å². The number of carbonyl (C=O) groups is 1. The van der Waals surface area contributed by atoms with Crippen LogP contribution in [-0.2, 0) is 14.8 Å². The molecule has 1 aromatic carbocycles. The van der Waals surface area contributed by atoms with Gasteiger partial charge in [0.25, 0.3) is 0 Å². The van der Waals surface area contributed by atoms with E-state index in [9.17, 15) is 13.2 Å². The summed E-state index contributed by atoms with van der Waals surface area (Å²) in [4.78, 5) is 16.9. The summed E-state index contributed by atoms with van der Waals surface area (Å²) in [5.41, 5.74) is 0.260. The molecule has 0 N–H and O–H groups in total. The van der Waals surface area contributed by atoms with Crippen molar-refractivity contribution >= 4 is 33.2 Å². The fourth-order valence-corrected chi connectivity index (χ4v) is 4.49. The normalized spacial score (nSPS) is 17.0. The molecule has 0 saturated carbocycles. The number of piperazine rings is 1. The highest BCUT2D eigenvalue weighted by atomic mass is 35.5. The second kappa shape index (κ2) is 8.45. The van der Waals surface area contributed by atoms with Crippen molar-refractivity contribution in [2.75, 3.05) is 50.4 Å². The third kappa shape index (κ3) is 4.61. The summed E-state index contributed by atoms with van der Waals surface area (Å²) < 4.78 is 31.3. The van der Waals surface area contributed by atoms with Gasteiger partial charge in [-0.25, -0.2) is 8.42 Å². The maximum atomic E-state index is 13.0. The average Bonchev–Trinajstić information content (AvgIpc) is 2.60. The number of methoxy groups -OCH3 is 1. The number of amides is 1. The van der Waals surface area contributed by atoms with Gasteiger partial charge in [0.05, 0.1) is 19.1 Å². The molecule has 0 aromatic heterocycles. The van der Waals surface area contributed by atoms with Crippen LogP contribution in [0.3, 0.4) is 0 Å². The molecule has 1 atom stereocenters. The minimum Gasteiger partial charge on any atom is -0.495 e. The van der Waals surface area contributed by atoms with Gasteiger partial charge in [0, 0.05) is 31.2 Å². The predicted molar refractivity (Wildman–Crippen MR) is 103 cm³/mol. The summed E-state index contributed by atoms with van der Waals surface area (Å²) in [6.45, 7) is 7.35. The van der Waals surface area contributed by atoms with Crippen LogP contribution in [0.4, 0.5) is 5.69 Å². The predicted octanol–water partition coefficient (Wildman–Crippen LogP) is 1.67. The molecular formula is C17H26ClN3O4S. The van der Waals surface area contributed by atoms with Crippen LogP contribution in [0.5, 0.6) is 5.75 Å². The Balaban J connectivity index is 2.33. The third-order valence-electron chi connectivity index (χ3n) is 4.58. The third-order valence-corrected chi connectivity index (χ3v) is 6.04. The molecule has 2 rings (SSSR count). The van der Waals surface area contributed by atoms with Gasteiger partial charge in [-0.3, -0.25) is 9.10 Å². The number of sulfonamides is 1. The largest absolute Gasteiger partial charge is 0.495 e. The molecule has 26 heavy (non-hydrogen) atoms. The number of carbonyl (C=O) groups excluding carboxylic acids is 1. The molecule has 0 radical (unpaired) electrons. The summed E-state index contributed by atoms with van der Waals surface area (Å²) in [5.74, 6) is 0.114. The number of halogens is 1. The van der Waals surface area contributed by atoms with Crippen LogP contribution in [-0.4, -0.2) is 76.3 Å². The number of rotatable bonds is 6. The van der Waals surface area contributed by atoms with Crippen molar-refractivity contribution in [2.45, 2.75) is 19.9 Å². The number of likely N-dealkylation sites (N-methyl/N-ethyl adjacent to an activating group) is 1. The molecule has 1 heterocycles. The van der Waals surface area contributed by atoms with Crippen molar-refractivity contribution in [3.63, 3.8) is 0 Å². The smallest absolute Gasteiger partial charge is 0.246 e. The molecule has 1 saturated heterocycles. The first-order valence-electron chi connectivity index (χ1n) is 8.53. The molecule has 1 unspecified atom stereocenters. The second-order valence-corrected chi connectivity index (χ2v) is 8.61. The highest BCUT2D eigenvalue weighted by Gasteiger charge is 2.34. The van der Waals surface area contributed by atoms with E-state index in [2.05, 4.69) is 11.8 Å². The minimum absolute atomic E-state index is 0.229. The molecule has 1 aliphatic heterocycles. The van der Waals surface area contributed by atoms with E-state index in [1.807, 2.05) is 0 Å². The van der Waals surface area contributed by atoms with Crippen molar-refractivity contribution in [1.29, 1.82) is 0 Å². The summed E-state index contributed by atoms with van der Waals surface area (Å²) in [6, 6.07) is 3.80. The standard InChI is InChI=1S/C17H26ClN3O4S/c1-5-19-8-10-20(11-9-19)17(22)13(2)21(26(4,23)24)15-12-14(18)6-7-16(15)25-3/h6-7,12-13H,5,8-11H2,1-4H3. The number of hydrogen-bond acceptors (Lipinski definition) is 5. The molecular weight excluding hydrogens is 378 g/mol. The van der Waals surface area contributed by atoms with Crippen LogP contribution < -0.4 is 9.04 Å². The van der Waals surface area contributed by atoms with Gasteiger partial charge in [-0.2, -0.15) is 0 Å². The molecule has 1 aromatic rings. The van der Waals surface area contributed by atoms with Gasteiger partial charge in [0.15, 0.2) is 0 Å². The van der Waals surface area contributed by atoms with Crippen LogP contribution in [0.15, 0.2) is 18.2 Å². The van der Waals surface area contributed by atoms with Crippen molar-refractivity contribution in [3.8, 4) is 5.75 Å². The van der Waals surface area contributed by atoms with Crippen molar-refractivity contribution in [3.05, 3.63) is 23.2 Å². The lowest BCUT2D eigenvalue weighted by Gasteiger charge is -2.38. The minimum atomic E-state index is -3.73. The highest BCUT2D eigenvalue weighted by molar-refractivity contribution is 7.92. The van der Waals surface area contributed by atoms with E-state index in [1.54, 1.807) is 24.0 Å². The Kier molecular flexibility index (Phi) is 6.76. The molecule has 0 bridgehead atoms. The molecule has 1 amide bonds. The lowest BCUT2D eigenvalue weighted by Crippen LogP contribution is -2.55. The topological polar surface area (TPSA) is 70.2 Å². The Morgan fingerprint density at radius 3 is 2.42 bits per heavy atom. The second-order valence-electron chi connectivity index (χ2n) is 6.31. The van der Waals surface area contributed by atoms with E-state index in [-0.39, 0.29) is 11.6 Å². The lowest BCUT2D eigenvalue weighted by atomic mass is 10.2. The van der Waals surface area contributed by atoms with E-state index in [0.29, 0.717) is 23.9 Å². The van der Waals surface area contributed by atoms with E-state index in [4.69, 9.17) is 16.3 Å². The van der Waals surface area contributed by atoms with Crippen LogP contribution in [0, 0.1) is 0 Å². The molecule has 0 aliphatic carbocycles. The van der Waals surface area contributed by atoms with Crippen molar-refractivity contribution < 1.29 is 17.9 Å². The van der Waals surface area contributed by atoms with E-state index < -0.39 is 16.1 Å². The molecule has 1 aliphatic rings. The quantitative estimate of drug-likeness (QED) is 0.722. The Hall–Kier alpha value is -1.51. The lowest BCUT2D eigenvalue weighted by molar-refractivity contribution is -0.133. The SMILES string of the molecule is CCN1CCN(C(=O)C(C)N(c2cc(Cl)ccc2OC)S(C)(=O)=O)CC1. The monoisotopic (exact) mass is 403 g/mol. The molecule has 0 spiro atoms. The van der Waals surface area contributed by atoms with Crippen LogP contribution in [0.1, 0.15) is 13.8 Å². The Labute approximate surface area is 160 Å². The molecule has 9 heteroatoms. The number of benzene rings is 1. The van der Waals surface area contributed by atoms with Gasteiger partial charge < -0.3 is 14.5 Å². The summed E-state index contributed by atoms with van der Waals surface area (Å²) >= 11 is 6.06. The van der Waals surface area contributed by atoms with Gasteiger partial charge in [-0.05, 0) is 31.7 Å². The fourth-order valence-electron chi connectivity index (χ4n) is 3.16. The summed E-state index contributed by atoms with van der Waals surface area (Å²) in [7, 11) is -2.28. The molecule has 1 fully saturated rings. The van der Waals surface area contributed by atoms with Crippen molar-refractivity contribution in [1.82, 2.24) is 9.80 Å². The zero-order valence-electron chi connectivity index (χ0n) is 15.6. The van der Waals surface area contributed by atoms with E-state index in [1.165, 1.54) is 13.2 Å². The Bertz CT molecular complexity index is 748. The highest BCUT2D eigenvalue weighted by Crippen LogP contribution is 2.34. The van der Waals surface area contributed by atoms with Gasteiger partial charge in [-0.15, -0.1) is 0 Å². The van der Waals surface area contributed by atoms with Gasteiger partial charge >= 0.3 is 0 Å². The van der Waals surface area contributed by atoms with E-state index >= 15 is 0 Å². The van der Waals surface area contributed by atoms with Crippen LogP contribution >= 0.6 is 11.6 Å². The Morgan fingerprint density at radius 1 is 1.31 bits per heavy atom. The van der Waals surface area contributed by atoms with Crippen LogP contribution in [0.25, 0.3) is 0 Å². The summed E-state index contributed by atoms with van der Waals surface area (Å²) in [6.07, 6.45) is 1.08. The number of hydrogen-bond donors (Lipinski definition) is 0. The maximum absolute atomic E-state index is 13.0. The first-order chi connectivity index (χ1) is 12.2. The van der Waals surface area contributed by atoms with Gasteiger partial charge in [0.1, 0.15) is 11.8 Å². The van der Waals surface area contributed by atoms with Crippen molar-refractivity contribution in [2.24, 2.45) is 0 Å². The number of anilines is 1. The van der Waals surface area contributed by atoms with Crippen LogP contribution in [0.2, 0.25) is 5.02 Å². The zero-order chi connectivity index (χ0) is 19.5. The summed E-state index contributed by atoms with van der Waals surface area (Å²) in [5, 5.41) is 0.366. The molecule has 146 valence electrons. The first-order valence-corrected chi connectivity index (χ1v) is 10.8. The van der Waals surface area contributed by atoms with Gasteiger partial charge in [0.2, 0.25) is 15.9 Å². The van der Waals surface area contributed by atoms with E-state index in [0.717, 1.165) is 30.2 Å².